The van der Waals surface area contributed by atoms with Gasteiger partial charge in [0.2, 0.25) is 0 Å². The second-order valence-corrected chi connectivity index (χ2v) is 4.90. The topological polar surface area (TPSA) is 81.8 Å². The summed E-state index contributed by atoms with van der Waals surface area (Å²) in [5.41, 5.74) is 3.69. The van der Waals surface area contributed by atoms with Gasteiger partial charge in [0.1, 0.15) is 11.7 Å². The van der Waals surface area contributed by atoms with Crippen molar-refractivity contribution in [3.8, 4) is 11.3 Å². The number of imidazole rings is 1. The molecule has 0 fully saturated rings. The first-order chi connectivity index (χ1) is 9.58. The monoisotopic (exact) mass is 269 g/mol. The zero-order valence-electron chi connectivity index (χ0n) is 11.3. The molecule has 1 unspecified atom stereocenters. The lowest BCUT2D eigenvalue weighted by atomic mass is 10.1. The maximum absolute atomic E-state index is 11.1. The highest BCUT2D eigenvalue weighted by molar-refractivity contribution is 5.95. The van der Waals surface area contributed by atoms with Crippen LogP contribution >= 0.6 is 0 Å². The molecule has 5 heteroatoms. The highest BCUT2D eigenvalue weighted by Gasteiger charge is 2.20. The van der Waals surface area contributed by atoms with E-state index in [9.17, 15) is 4.79 Å². The first kappa shape index (κ1) is 12.5. The van der Waals surface area contributed by atoms with Crippen molar-refractivity contribution in [1.29, 1.82) is 0 Å². The van der Waals surface area contributed by atoms with Crippen LogP contribution in [0.25, 0.3) is 22.2 Å². The summed E-state index contributed by atoms with van der Waals surface area (Å²) < 4.78 is 0. The fourth-order valence-electron chi connectivity index (χ4n) is 2.34. The number of aromatic nitrogens is 3. The number of nitrogens with zero attached hydrogens (tertiary/aromatic N) is 1. The highest BCUT2D eigenvalue weighted by Crippen LogP contribution is 2.30. The van der Waals surface area contributed by atoms with Crippen LogP contribution in [0.1, 0.15) is 24.4 Å². The van der Waals surface area contributed by atoms with Gasteiger partial charge in [0, 0.05) is 28.4 Å². The quantitative estimate of drug-likeness (QED) is 0.683. The Kier molecular flexibility index (Phi) is 2.82. The van der Waals surface area contributed by atoms with Crippen LogP contribution < -0.4 is 0 Å². The number of fused-ring (bicyclic) bond motifs is 1. The predicted molar refractivity (Wildman–Crippen MR) is 76.7 cm³/mol. The number of hydrogen-bond acceptors (Lipinski definition) is 2. The molecule has 2 aromatic heterocycles. The largest absolute Gasteiger partial charge is 0.481 e. The van der Waals surface area contributed by atoms with Gasteiger partial charge in [0.05, 0.1) is 5.69 Å². The van der Waals surface area contributed by atoms with E-state index in [-0.39, 0.29) is 0 Å². The maximum atomic E-state index is 11.1. The second-order valence-electron chi connectivity index (χ2n) is 4.90. The van der Waals surface area contributed by atoms with Gasteiger partial charge in [-0.25, -0.2) is 4.98 Å². The summed E-state index contributed by atoms with van der Waals surface area (Å²) in [6, 6.07) is 7.97. The Morgan fingerprint density at radius 1 is 1.35 bits per heavy atom. The Balaban J connectivity index is 2.13. The van der Waals surface area contributed by atoms with Gasteiger partial charge in [-0.05, 0) is 19.9 Å². The van der Waals surface area contributed by atoms with E-state index in [1.54, 1.807) is 6.92 Å². The first-order valence-corrected chi connectivity index (χ1v) is 6.43. The number of carbonyl (C=O) groups is 1. The van der Waals surface area contributed by atoms with Gasteiger partial charge in [0.25, 0.3) is 0 Å². The summed E-state index contributed by atoms with van der Waals surface area (Å²) in [6.07, 6.45) is 1.91. The molecule has 5 nitrogen and oxygen atoms in total. The third-order valence-corrected chi connectivity index (χ3v) is 3.53. The van der Waals surface area contributed by atoms with Gasteiger partial charge in [-0.1, -0.05) is 18.2 Å². The average Bonchev–Trinajstić information content (AvgIpc) is 3.01. The fraction of sp³-hybridized carbons (Fsp3) is 0.200. The number of H-pyrrole nitrogens is 2. The summed E-state index contributed by atoms with van der Waals surface area (Å²) in [4.78, 5) is 21.8. The molecule has 1 aromatic carbocycles. The minimum Gasteiger partial charge on any atom is -0.481 e. The zero-order valence-corrected chi connectivity index (χ0v) is 11.3. The molecule has 3 N–H and O–H groups in total. The number of aliphatic carboxylic acids is 1. The minimum absolute atomic E-state index is 0.482. The Bertz CT molecular complexity index is 785. The molecule has 2 heterocycles. The lowest BCUT2D eigenvalue weighted by Crippen LogP contribution is -2.08. The number of aromatic amines is 2. The van der Waals surface area contributed by atoms with Crippen molar-refractivity contribution in [3.05, 3.63) is 42.0 Å². The lowest BCUT2D eigenvalue weighted by molar-refractivity contribution is -0.138. The van der Waals surface area contributed by atoms with Crippen molar-refractivity contribution in [2.45, 2.75) is 19.8 Å². The zero-order chi connectivity index (χ0) is 14.3. The van der Waals surface area contributed by atoms with Crippen molar-refractivity contribution in [2.24, 2.45) is 0 Å². The molecule has 3 rings (SSSR count). The summed E-state index contributed by atoms with van der Waals surface area (Å²) in [5.74, 6) is -1.05. The molecule has 1 atom stereocenters. The number of hydrogen-bond donors (Lipinski definition) is 3. The number of aryl methyl sites for hydroxylation is 1. The van der Waals surface area contributed by atoms with E-state index in [4.69, 9.17) is 5.11 Å². The number of benzene rings is 1. The van der Waals surface area contributed by atoms with Crippen molar-refractivity contribution >= 4 is 16.9 Å². The molecule has 0 bridgehead atoms. The van der Waals surface area contributed by atoms with Gasteiger partial charge >= 0.3 is 5.97 Å². The SMILES string of the molecule is Cc1[nH]c(C(C)C(=O)O)nc1-c1c[nH]c2ccccc12. The normalized spacial score (nSPS) is 12.7. The molecule has 20 heavy (non-hydrogen) atoms. The Morgan fingerprint density at radius 2 is 2.10 bits per heavy atom. The molecule has 0 aliphatic heterocycles. The van der Waals surface area contributed by atoms with Crippen LogP contribution in [0.2, 0.25) is 0 Å². The maximum Gasteiger partial charge on any atom is 0.313 e. The van der Waals surface area contributed by atoms with E-state index < -0.39 is 11.9 Å². The number of carboxylic acids is 1. The van der Waals surface area contributed by atoms with Crippen LogP contribution in [0.3, 0.4) is 0 Å². The molecule has 3 aromatic rings. The van der Waals surface area contributed by atoms with Crippen LogP contribution in [-0.2, 0) is 4.79 Å². The molecule has 0 amide bonds. The molecular weight excluding hydrogens is 254 g/mol. The van der Waals surface area contributed by atoms with Gasteiger partial charge < -0.3 is 15.1 Å². The number of nitrogens with one attached hydrogen (secondary N) is 2. The van der Waals surface area contributed by atoms with E-state index in [2.05, 4.69) is 15.0 Å². The van der Waals surface area contributed by atoms with E-state index >= 15 is 0 Å². The molecule has 0 spiro atoms. The Morgan fingerprint density at radius 3 is 2.85 bits per heavy atom. The standard InChI is InChI=1S/C15H15N3O2/c1-8(15(19)20)14-17-9(2)13(18-14)11-7-16-12-6-4-3-5-10(11)12/h3-8,16H,1-2H3,(H,17,18)(H,19,20). The van der Waals surface area contributed by atoms with E-state index in [1.807, 2.05) is 37.4 Å². The molecule has 0 aliphatic rings. The van der Waals surface area contributed by atoms with E-state index in [1.165, 1.54) is 0 Å². The van der Waals surface area contributed by atoms with Crippen LogP contribution in [0.4, 0.5) is 0 Å². The number of rotatable bonds is 3. The third kappa shape index (κ3) is 1.87. The number of para-hydroxylation sites is 1. The average molecular weight is 269 g/mol. The summed E-state index contributed by atoms with van der Waals surface area (Å²) >= 11 is 0. The summed E-state index contributed by atoms with van der Waals surface area (Å²) in [5, 5.41) is 10.2. The lowest BCUT2D eigenvalue weighted by Gasteiger charge is -2.00. The molecule has 0 aliphatic carbocycles. The first-order valence-electron chi connectivity index (χ1n) is 6.43. The summed E-state index contributed by atoms with van der Waals surface area (Å²) in [7, 11) is 0. The van der Waals surface area contributed by atoms with Crippen LogP contribution in [0.5, 0.6) is 0 Å². The van der Waals surface area contributed by atoms with Gasteiger partial charge in [-0.15, -0.1) is 0 Å². The molecular formula is C15H15N3O2. The van der Waals surface area contributed by atoms with E-state index in [0.717, 1.165) is 27.9 Å². The predicted octanol–water partition coefficient (Wildman–Crippen LogP) is 3.05. The highest BCUT2D eigenvalue weighted by atomic mass is 16.4. The van der Waals surface area contributed by atoms with Gasteiger partial charge in [0.15, 0.2) is 0 Å². The smallest absolute Gasteiger partial charge is 0.313 e. The molecule has 0 saturated carbocycles. The second kappa shape index (κ2) is 4.52. The van der Waals surface area contributed by atoms with Crippen LogP contribution in [0.15, 0.2) is 30.5 Å². The van der Waals surface area contributed by atoms with Gasteiger partial charge in [-0.2, -0.15) is 0 Å². The molecule has 0 radical (unpaired) electrons. The van der Waals surface area contributed by atoms with E-state index in [0.29, 0.717) is 5.82 Å². The Hall–Kier alpha value is -2.56. The fourth-order valence-corrected chi connectivity index (χ4v) is 2.34. The van der Waals surface area contributed by atoms with Crippen molar-refractivity contribution in [2.75, 3.05) is 0 Å². The Labute approximate surface area is 115 Å². The van der Waals surface area contributed by atoms with Crippen molar-refractivity contribution in [1.82, 2.24) is 15.0 Å². The van der Waals surface area contributed by atoms with Gasteiger partial charge in [-0.3, -0.25) is 4.79 Å². The van der Waals surface area contributed by atoms with Crippen molar-refractivity contribution in [3.63, 3.8) is 0 Å². The van der Waals surface area contributed by atoms with Crippen LogP contribution in [0, 0.1) is 6.92 Å². The molecule has 0 saturated heterocycles. The number of carboxylic acid groups (broad SMARTS) is 1. The molecule has 102 valence electrons. The summed E-state index contributed by atoms with van der Waals surface area (Å²) in [6.45, 7) is 3.53. The third-order valence-electron chi connectivity index (χ3n) is 3.53. The van der Waals surface area contributed by atoms with Crippen LogP contribution in [-0.4, -0.2) is 26.0 Å². The van der Waals surface area contributed by atoms with Crippen molar-refractivity contribution < 1.29 is 9.90 Å². The minimum atomic E-state index is -0.885.